The first-order valence-electron chi connectivity index (χ1n) is 4.58. The van der Waals surface area contributed by atoms with E-state index in [1.165, 1.54) is 6.92 Å². The molecule has 0 bridgehead atoms. The molecule has 0 atom stereocenters. The van der Waals surface area contributed by atoms with Crippen LogP contribution < -0.4 is 5.73 Å². The van der Waals surface area contributed by atoms with Crippen LogP contribution in [0.25, 0.3) is 11.4 Å². The second kappa shape index (κ2) is 3.94. The van der Waals surface area contributed by atoms with Crippen LogP contribution in [0, 0.1) is 0 Å². The Balaban J connectivity index is 2.54. The number of nitrogens with two attached hydrogens (primary N) is 1. The van der Waals surface area contributed by atoms with E-state index in [0.717, 1.165) is 4.68 Å². The number of carbonyl (C=O) groups is 1. The zero-order chi connectivity index (χ0) is 11.7. The predicted octanol–water partition coefficient (Wildman–Crippen LogP) is 1.84. The van der Waals surface area contributed by atoms with Crippen molar-refractivity contribution >= 4 is 23.5 Å². The minimum atomic E-state index is -0.289. The van der Waals surface area contributed by atoms with Crippen LogP contribution in [0.5, 0.6) is 0 Å². The van der Waals surface area contributed by atoms with E-state index >= 15 is 0 Å². The molecule has 1 heterocycles. The van der Waals surface area contributed by atoms with Crippen molar-refractivity contribution in [1.82, 2.24) is 14.8 Å². The third kappa shape index (κ3) is 1.77. The minimum absolute atomic E-state index is 0.0578. The number of nitrogen functional groups attached to an aromatic ring is 1. The third-order valence-corrected chi connectivity index (χ3v) is 2.37. The van der Waals surface area contributed by atoms with Crippen molar-refractivity contribution in [3.63, 3.8) is 0 Å². The minimum Gasteiger partial charge on any atom is -0.368 e. The summed E-state index contributed by atoms with van der Waals surface area (Å²) in [5.74, 6) is 0.115. The molecule has 2 aromatic rings. The van der Waals surface area contributed by atoms with E-state index in [2.05, 4.69) is 10.1 Å². The molecule has 2 N–H and O–H groups in total. The summed E-state index contributed by atoms with van der Waals surface area (Å²) in [5, 5.41) is 4.50. The Hall–Kier alpha value is -1.88. The van der Waals surface area contributed by atoms with E-state index in [1.807, 2.05) is 6.07 Å². The fraction of sp³-hybridized carbons (Fsp3) is 0.100. The Morgan fingerprint density at radius 3 is 2.69 bits per heavy atom. The molecule has 1 aromatic carbocycles. The van der Waals surface area contributed by atoms with Crippen LogP contribution in [0.1, 0.15) is 11.7 Å². The van der Waals surface area contributed by atoms with Gasteiger partial charge in [0.2, 0.25) is 11.9 Å². The first-order valence-corrected chi connectivity index (χ1v) is 4.96. The molecule has 5 nitrogen and oxygen atoms in total. The summed E-state index contributed by atoms with van der Waals surface area (Å²) < 4.78 is 1.04. The lowest BCUT2D eigenvalue weighted by Gasteiger charge is -1.97. The molecule has 0 aliphatic heterocycles. The predicted molar refractivity (Wildman–Crippen MR) is 61.2 cm³/mol. The summed E-state index contributed by atoms with van der Waals surface area (Å²) in [4.78, 5) is 15.1. The van der Waals surface area contributed by atoms with E-state index in [4.69, 9.17) is 17.3 Å². The topological polar surface area (TPSA) is 73.8 Å². The fourth-order valence-electron chi connectivity index (χ4n) is 1.31. The maximum absolute atomic E-state index is 11.1. The van der Waals surface area contributed by atoms with Crippen molar-refractivity contribution in [2.75, 3.05) is 5.73 Å². The van der Waals surface area contributed by atoms with Crippen LogP contribution in [0.2, 0.25) is 5.02 Å². The van der Waals surface area contributed by atoms with Crippen molar-refractivity contribution in [2.45, 2.75) is 6.92 Å². The molecule has 0 aliphatic carbocycles. The standard InChI is InChI=1S/C10H9ClN4O/c1-6(16)15-10(12)13-9(14-15)7-4-2-3-5-8(7)11/h2-5H,1H3,(H2,12,13,14). The summed E-state index contributed by atoms with van der Waals surface area (Å²) >= 11 is 5.98. The van der Waals surface area contributed by atoms with Crippen LogP contribution in [0.3, 0.4) is 0 Å². The first-order chi connectivity index (χ1) is 7.59. The fourth-order valence-corrected chi connectivity index (χ4v) is 1.53. The Bertz CT molecular complexity index is 550. The highest BCUT2D eigenvalue weighted by Gasteiger charge is 2.13. The van der Waals surface area contributed by atoms with Gasteiger partial charge in [0.1, 0.15) is 0 Å². The molecule has 82 valence electrons. The number of aromatic nitrogens is 3. The van der Waals surface area contributed by atoms with Gasteiger partial charge in [0, 0.05) is 12.5 Å². The van der Waals surface area contributed by atoms with Crippen molar-refractivity contribution in [1.29, 1.82) is 0 Å². The molecule has 0 radical (unpaired) electrons. The molecule has 0 amide bonds. The lowest BCUT2D eigenvalue weighted by molar-refractivity contribution is 0.0924. The number of benzene rings is 1. The van der Waals surface area contributed by atoms with Gasteiger partial charge in [0.15, 0.2) is 5.82 Å². The van der Waals surface area contributed by atoms with E-state index in [9.17, 15) is 4.79 Å². The van der Waals surface area contributed by atoms with Gasteiger partial charge >= 0.3 is 0 Å². The number of anilines is 1. The smallest absolute Gasteiger partial charge is 0.246 e. The van der Waals surface area contributed by atoms with Crippen LogP contribution in [0.15, 0.2) is 24.3 Å². The Kier molecular flexibility index (Phi) is 2.62. The van der Waals surface area contributed by atoms with Crippen LogP contribution in [-0.2, 0) is 0 Å². The Morgan fingerprint density at radius 2 is 2.12 bits per heavy atom. The van der Waals surface area contributed by atoms with E-state index in [0.29, 0.717) is 16.4 Å². The molecular formula is C10H9ClN4O. The molecule has 1 aromatic heterocycles. The Morgan fingerprint density at radius 1 is 1.44 bits per heavy atom. The maximum Gasteiger partial charge on any atom is 0.246 e. The molecule has 16 heavy (non-hydrogen) atoms. The zero-order valence-corrected chi connectivity index (χ0v) is 9.27. The highest BCUT2D eigenvalue weighted by molar-refractivity contribution is 6.33. The summed E-state index contributed by atoms with van der Waals surface area (Å²) in [6.45, 7) is 1.36. The lowest BCUT2D eigenvalue weighted by atomic mass is 10.2. The van der Waals surface area contributed by atoms with Gasteiger partial charge in [-0.1, -0.05) is 23.7 Å². The van der Waals surface area contributed by atoms with Crippen molar-refractivity contribution < 1.29 is 4.79 Å². The molecule has 2 rings (SSSR count). The summed E-state index contributed by atoms with van der Waals surface area (Å²) in [5.41, 5.74) is 6.20. The SMILES string of the molecule is CC(=O)n1nc(-c2ccccc2Cl)nc1N. The van der Waals surface area contributed by atoms with Gasteiger partial charge in [0.05, 0.1) is 5.02 Å². The highest BCUT2D eigenvalue weighted by atomic mass is 35.5. The maximum atomic E-state index is 11.1. The quantitative estimate of drug-likeness (QED) is 0.820. The average molecular weight is 237 g/mol. The van der Waals surface area contributed by atoms with Gasteiger partial charge in [-0.2, -0.15) is 9.67 Å². The largest absolute Gasteiger partial charge is 0.368 e. The van der Waals surface area contributed by atoms with Crippen LogP contribution >= 0.6 is 11.6 Å². The van der Waals surface area contributed by atoms with Crippen molar-refractivity contribution in [3.05, 3.63) is 29.3 Å². The van der Waals surface area contributed by atoms with Gasteiger partial charge in [-0.25, -0.2) is 0 Å². The normalized spacial score (nSPS) is 10.4. The Labute approximate surface area is 96.8 Å². The number of rotatable bonds is 1. The molecular weight excluding hydrogens is 228 g/mol. The first kappa shape index (κ1) is 10.6. The van der Waals surface area contributed by atoms with Gasteiger partial charge in [0.25, 0.3) is 0 Å². The van der Waals surface area contributed by atoms with Gasteiger partial charge in [-0.15, -0.1) is 5.10 Å². The van der Waals surface area contributed by atoms with E-state index < -0.39 is 0 Å². The molecule has 6 heteroatoms. The van der Waals surface area contributed by atoms with Crippen molar-refractivity contribution in [3.8, 4) is 11.4 Å². The second-order valence-electron chi connectivity index (χ2n) is 3.20. The lowest BCUT2D eigenvalue weighted by Crippen LogP contribution is -2.11. The number of hydrogen-bond donors (Lipinski definition) is 1. The molecule has 0 saturated heterocycles. The third-order valence-electron chi connectivity index (χ3n) is 2.05. The zero-order valence-electron chi connectivity index (χ0n) is 8.51. The van der Waals surface area contributed by atoms with Crippen LogP contribution in [0.4, 0.5) is 5.95 Å². The summed E-state index contributed by atoms with van der Waals surface area (Å²) in [7, 11) is 0. The summed E-state index contributed by atoms with van der Waals surface area (Å²) in [6.07, 6.45) is 0. The monoisotopic (exact) mass is 236 g/mol. The number of nitrogens with zero attached hydrogens (tertiary/aromatic N) is 3. The highest BCUT2D eigenvalue weighted by Crippen LogP contribution is 2.25. The average Bonchev–Trinajstić information content (AvgIpc) is 2.61. The molecule has 0 unspecified atom stereocenters. The van der Waals surface area contributed by atoms with Gasteiger partial charge in [-0.05, 0) is 12.1 Å². The molecule has 0 fully saturated rings. The van der Waals surface area contributed by atoms with E-state index in [-0.39, 0.29) is 11.9 Å². The van der Waals surface area contributed by atoms with Crippen LogP contribution in [-0.4, -0.2) is 20.7 Å². The van der Waals surface area contributed by atoms with Crippen molar-refractivity contribution in [2.24, 2.45) is 0 Å². The van der Waals surface area contributed by atoms with Gasteiger partial charge < -0.3 is 5.73 Å². The molecule has 0 saturated carbocycles. The molecule has 0 aliphatic rings. The van der Waals surface area contributed by atoms with E-state index in [1.54, 1.807) is 18.2 Å². The second-order valence-corrected chi connectivity index (χ2v) is 3.61. The number of hydrogen-bond acceptors (Lipinski definition) is 4. The molecule has 0 spiro atoms. The summed E-state index contributed by atoms with van der Waals surface area (Å²) in [6, 6.07) is 7.10. The number of carbonyl (C=O) groups excluding carboxylic acids is 1. The van der Waals surface area contributed by atoms with Gasteiger partial charge in [-0.3, -0.25) is 4.79 Å². The number of halogens is 1.